The molecule has 11 aromatic rings. The molecule has 0 N–H and O–H groups in total. The van der Waals surface area contributed by atoms with Gasteiger partial charge in [0.25, 0.3) is 0 Å². The third-order valence-corrected chi connectivity index (χ3v) is 12.0. The van der Waals surface area contributed by atoms with Gasteiger partial charge in [0.2, 0.25) is 0 Å². The van der Waals surface area contributed by atoms with Gasteiger partial charge < -0.3 is 9.32 Å². The van der Waals surface area contributed by atoms with Crippen LogP contribution in [0.25, 0.3) is 86.3 Å². The second-order valence-corrected chi connectivity index (χ2v) is 15.2. The molecular formula is C52H33NOS. The minimum Gasteiger partial charge on any atom is -0.456 e. The smallest absolute Gasteiger partial charge is 0.135 e. The summed E-state index contributed by atoms with van der Waals surface area (Å²) in [4.78, 5) is 2.38. The highest BCUT2D eigenvalue weighted by molar-refractivity contribution is 7.25. The molecular weight excluding hydrogens is 687 g/mol. The van der Waals surface area contributed by atoms with Crippen molar-refractivity contribution in [1.29, 1.82) is 0 Å². The number of hydrogen-bond donors (Lipinski definition) is 0. The van der Waals surface area contributed by atoms with Crippen molar-refractivity contribution >= 4 is 81.3 Å². The van der Waals surface area contributed by atoms with Gasteiger partial charge in [-0.2, -0.15) is 0 Å². The van der Waals surface area contributed by atoms with Crippen molar-refractivity contribution in [2.45, 2.75) is 0 Å². The van der Waals surface area contributed by atoms with Gasteiger partial charge in [-0.3, -0.25) is 0 Å². The molecule has 0 fully saturated rings. The Balaban J connectivity index is 1.04. The molecule has 0 aliphatic carbocycles. The normalized spacial score (nSPS) is 11.6. The Kier molecular flexibility index (Phi) is 7.39. The lowest BCUT2D eigenvalue weighted by molar-refractivity contribution is 0.669. The Bertz CT molecular complexity index is 3220. The molecule has 0 spiro atoms. The molecule has 0 saturated carbocycles. The molecule has 3 heteroatoms. The van der Waals surface area contributed by atoms with Crippen LogP contribution in [0.5, 0.6) is 0 Å². The summed E-state index contributed by atoms with van der Waals surface area (Å²) in [6.07, 6.45) is 0. The maximum Gasteiger partial charge on any atom is 0.135 e. The molecule has 55 heavy (non-hydrogen) atoms. The van der Waals surface area contributed by atoms with E-state index in [9.17, 15) is 0 Å². The van der Waals surface area contributed by atoms with E-state index in [0.717, 1.165) is 50.1 Å². The van der Waals surface area contributed by atoms with Crippen molar-refractivity contribution in [1.82, 2.24) is 0 Å². The summed E-state index contributed by atoms with van der Waals surface area (Å²) in [7, 11) is 0. The Morgan fingerprint density at radius 1 is 0.327 bits per heavy atom. The van der Waals surface area contributed by atoms with Crippen molar-refractivity contribution in [3.63, 3.8) is 0 Å². The van der Waals surface area contributed by atoms with Crippen LogP contribution in [-0.2, 0) is 0 Å². The summed E-state index contributed by atoms with van der Waals surface area (Å²) in [6.45, 7) is 0. The maximum absolute atomic E-state index is 6.13. The average molecular weight is 720 g/mol. The zero-order valence-electron chi connectivity index (χ0n) is 29.8. The lowest BCUT2D eigenvalue weighted by Gasteiger charge is -2.27. The van der Waals surface area contributed by atoms with Crippen molar-refractivity contribution in [3.8, 4) is 33.4 Å². The molecule has 2 nitrogen and oxygen atoms in total. The molecule has 0 amide bonds. The highest BCUT2D eigenvalue weighted by Gasteiger charge is 2.17. The molecule has 2 heterocycles. The van der Waals surface area contributed by atoms with Crippen LogP contribution in [0.2, 0.25) is 0 Å². The zero-order valence-corrected chi connectivity index (χ0v) is 30.6. The van der Waals surface area contributed by atoms with Crippen LogP contribution in [-0.4, -0.2) is 0 Å². The van der Waals surface area contributed by atoms with Gasteiger partial charge in [0.15, 0.2) is 0 Å². The largest absolute Gasteiger partial charge is 0.456 e. The van der Waals surface area contributed by atoms with Crippen molar-refractivity contribution in [2.75, 3.05) is 4.90 Å². The molecule has 0 aliphatic rings. The minimum atomic E-state index is 0.907. The van der Waals surface area contributed by atoms with Crippen LogP contribution in [0.4, 0.5) is 17.1 Å². The highest BCUT2D eigenvalue weighted by atomic mass is 32.1. The van der Waals surface area contributed by atoms with E-state index in [2.05, 4.69) is 193 Å². The molecule has 0 radical (unpaired) electrons. The van der Waals surface area contributed by atoms with Crippen LogP contribution in [0.3, 0.4) is 0 Å². The number of thiophene rings is 1. The predicted octanol–water partition coefficient (Wildman–Crippen LogP) is 15.6. The molecule has 0 bridgehead atoms. The van der Waals surface area contributed by atoms with Gasteiger partial charge in [-0.1, -0.05) is 127 Å². The van der Waals surface area contributed by atoms with Gasteiger partial charge in [-0.15, -0.1) is 11.3 Å². The van der Waals surface area contributed by atoms with Gasteiger partial charge in [-0.25, -0.2) is 0 Å². The van der Waals surface area contributed by atoms with Gasteiger partial charge in [0.05, 0.1) is 0 Å². The fraction of sp³-hybridized carbons (Fsp3) is 0. The lowest BCUT2D eigenvalue weighted by atomic mass is 9.97. The van der Waals surface area contributed by atoms with Gasteiger partial charge in [0, 0.05) is 48.0 Å². The molecule has 0 atom stereocenters. The van der Waals surface area contributed by atoms with E-state index >= 15 is 0 Å². The van der Waals surface area contributed by atoms with Gasteiger partial charge in [-0.05, 0) is 117 Å². The second kappa shape index (κ2) is 12.9. The fourth-order valence-corrected chi connectivity index (χ4v) is 9.26. The summed E-state index contributed by atoms with van der Waals surface area (Å²) >= 11 is 1.86. The number of hydrogen-bond acceptors (Lipinski definition) is 3. The van der Waals surface area contributed by atoms with E-state index < -0.39 is 0 Å². The first-order chi connectivity index (χ1) is 27.2. The fourth-order valence-electron chi connectivity index (χ4n) is 8.18. The third kappa shape index (κ3) is 5.48. The molecule has 2 aromatic heterocycles. The quantitative estimate of drug-likeness (QED) is 0.170. The van der Waals surface area contributed by atoms with E-state index in [-0.39, 0.29) is 0 Å². The molecule has 0 unspecified atom stereocenters. The number of fused-ring (bicyclic) bond motifs is 7. The molecule has 11 rings (SSSR count). The van der Waals surface area contributed by atoms with Crippen LogP contribution >= 0.6 is 11.3 Å². The van der Waals surface area contributed by atoms with Crippen molar-refractivity contribution in [2.24, 2.45) is 0 Å². The Hall–Kier alpha value is -6.94. The monoisotopic (exact) mass is 719 g/mol. The van der Waals surface area contributed by atoms with Crippen LogP contribution in [0.1, 0.15) is 0 Å². The Morgan fingerprint density at radius 2 is 0.909 bits per heavy atom. The number of para-hydroxylation sites is 1. The average Bonchev–Trinajstić information content (AvgIpc) is 3.82. The minimum absolute atomic E-state index is 0.907. The van der Waals surface area contributed by atoms with E-state index in [0.29, 0.717) is 0 Å². The Labute approximate surface area is 322 Å². The third-order valence-electron chi connectivity index (χ3n) is 10.9. The Morgan fingerprint density at radius 3 is 1.78 bits per heavy atom. The van der Waals surface area contributed by atoms with E-state index in [4.69, 9.17) is 4.42 Å². The number of anilines is 3. The molecule has 0 aliphatic heterocycles. The second-order valence-electron chi connectivity index (χ2n) is 14.1. The summed E-state index contributed by atoms with van der Waals surface area (Å²) in [5.74, 6) is 0. The zero-order chi connectivity index (χ0) is 36.3. The predicted molar refractivity (Wildman–Crippen MR) is 235 cm³/mol. The summed E-state index contributed by atoms with van der Waals surface area (Å²) < 4.78 is 8.76. The molecule has 258 valence electrons. The number of rotatable bonds is 6. The summed E-state index contributed by atoms with van der Waals surface area (Å²) in [6, 6.07) is 72.4. The standard InChI is InChI=1S/C52H33NOS/c1-2-16-43-35(10-1)11-9-19-44(43)39-13-8-15-42(31-39)53(40-26-22-34(23-27-40)37-24-28-50-47(32-37)45-17-3-5-20-49(45)54-50)41-14-7-12-36(30-41)38-25-29-52-48(33-38)46-18-4-6-21-51(46)55-52/h1-33H. The van der Waals surface area contributed by atoms with Gasteiger partial charge >= 0.3 is 0 Å². The van der Waals surface area contributed by atoms with Gasteiger partial charge in [0.1, 0.15) is 11.2 Å². The van der Waals surface area contributed by atoms with E-state index in [1.807, 2.05) is 23.5 Å². The van der Waals surface area contributed by atoms with Crippen molar-refractivity contribution in [3.05, 3.63) is 200 Å². The first-order valence-electron chi connectivity index (χ1n) is 18.7. The summed E-state index contributed by atoms with van der Waals surface area (Å²) in [5.41, 5.74) is 12.2. The first kappa shape index (κ1) is 31.6. The number of nitrogens with zero attached hydrogens (tertiary/aromatic N) is 1. The number of furan rings is 1. The molecule has 9 aromatic carbocycles. The maximum atomic E-state index is 6.13. The van der Waals surface area contributed by atoms with E-state index in [1.165, 1.54) is 53.2 Å². The summed E-state index contributed by atoms with van der Waals surface area (Å²) in [5, 5.41) is 7.38. The number of benzene rings is 9. The van der Waals surface area contributed by atoms with Crippen LogP contribution in [0, 0.1) is 0 Å². The SMILES string of the molecule is c1cc(-c2ccc3sc4ccccc4c3c2)cc(N(c2ccc(-c3ccc4oc5ccccc5c4c3)cc2)c2cccc(-c3cccc4ccccc34)c2)c1. The van der Waals surface area contributed by atoms with Crippen LogP contribution < -0.4 is 4.90 Å². The van der Waals surface area contributed by atoms with Crippen molar-refractivity contribution < 1.29 is 4.42 Å². The van der Waals surface area contributed by atoms with Crippen LogP contribution in [0.15, 0.2) is 205 Å². The molecule has 0 saturated heterocycles. The topological polar surface area (TPSA) is 16.4 Å². The highest BCUT2D eigenvalue weighted by Crippen LogP contribution is 2.42. The first-order valence-corrected chi connectivity index (χ1v) is 19.5. The van der Waals surface area contributed by atoms with E-state index in [1.54, 1.807) is 0 Å². The lowest BCUT2D eigenvalue weighted by Crippen LogP contribution is -2.10.